The largest absolute Gasteiger partial charge is 0.508 e. The first-order valence-corrected chi connectivity index (χ1v) is 10.8. The lowest BCUT2D eigenvalue weighted by molar-refractivity contribution is -0.145. The van der Waals surface area contributed by atoms with Gasteiger partial charge in [0.15, 0.2) is 0 Å². The van der Waals surface area contributed by atoms with Gasteiger partial charge in [0.05, 0.1) is 11.8 Å². The molecule has 3 heterocycles. The van der Waals surface area contributed by atoms with Crippen molar-refractivity contribution in [1.29, 1.82) is 0 Å². The van der Waals surface area contributed by atoms with Crippen LogP contribution in [0.25, 0.3) is 0 Å². The molecule has 2 fully saturated rings. The maximum absolute atomic E-state index is 14.2. The quantitative estimate of drug-likeness (QED) is 0.638. The van der Waals surface area contributed by atoms with Crippen molar-refractivity contribution in [3.63, 3.8) is 0 Å². The van der Waals surface area contributed by atoms with Gasteiger partial charge in [-0.2, -0.15) is 0 Å². The molecule has 0 unspecified atom stereocenters. The monoisotopic (exact) mass is 437 g/mol. The molecule has 8 heteroatoms. The summed E-state index contributed by atoms with van der Waals surface area (Å²) in [7, 11) is 0. The Morgan fingerprint density at radius 3 is 2.53 bits per heavy atom. The summed E-state index contributed by atoms with van der Waals surface area (Å²) in [6, 6.07) is 9.78. The van der Waals surface area contributed by atoms with Crippen LogP contribution in [-0.4, -0.2) is 39.8 Å². The van der Waals surface area contributed by atoms with E-state index in [9.17, 15) is 23.9 Å². The number of imide groups is 1. The molecule has 3 aliphatic heterocycles. The summed E-state index contributed by atoms with van der Waals surface area (Å²) < 4.78 is 14.2. The second-order valence-electron chi connectivity index (χ2n) is 8.88. The van der Waals surface area contributed by atoms with Crippen molar-refractivity contribution >= 4 is 23.4 Å². The molecule has 1 spiro atoms. The van der Waals surface area contributed by atoms with E-state index < -0.39 is 41.0 Å². The van der Waals surface area contributed by atoms with Gasteiger partial charge in [0.2, 0.25) is 17.7 Å². The van der Waals surface area contributed by atoms with Crippen molar-refractivity contribution in [2.45, 2.75) is 44.3 Å². The molecule has 2 aromatic rings. The van der Waals surface area contributed by atoms with Gasteiger partial charge in [-0.3, -0.25) is 24.6 Å². The Hall–Kier alpha value is -3.26. The molecule has 5 atom stereocenters. The van der Waals surface area contributed by atoms with E-state index in [2.05, 4.69) is 10.6 Å². The van der Waals surface area contributed by atoms with Crippen molar-refractivity contribution < 1.29 is 23.9 Å². The number of rotatable bonds is 4. The number of nitrogens with zero attached hydrogens (tertiary/aromatic N) is 1. The van der Waals surface area contributed by atoms with Crippen LogP contribution in [0.1, 0.15) is 31.4 Å². The first-order valence-electron chi connectivity index (χ1n) is 10.8. The van der Waals surface area contributed by atoms with E-state index in [0.29, 0.717) is 24.1 Å². The summed E-state index contributed by atoms with van der Waals surface area (Å²) in [5.41, 5.74) is 0.128. The maximum Gasteiger partial charge on any atom is 0.250 e. The molecule has 5 rings (SSSR count). The number of phenolic OH excluding ortho intramolecular Hbond substituents is 1. The fourth-order valence-electron chi connectivity index (χ4n) is 5.47. The Balaban J connectivity index is 1.64. The molecule has 0 saturated carbocycles. The minimum atomic E-state index is -1.52. The number of halogens is 1. The number of phenols is 1. The summed E-state index contributed by atoms with van der Waals surface area (Å²) in [4.78, 5) is 41.7. The molecule has 32 heavy (non-hydrogen) atoms. The number of hydrogen-bond donors (Lipinski definition) is 3. The third kappa shape index (κ3) is 2.72. The number of benzene rings is 2. The van der Waals surface area contributed by atoms with Gasteiger partial charge in [-0.25, -0.2) is 4.39 Å². The number of fused-ring (bicyclic) bond motifs is 4. The molecular formula is C24H24FN3O4. The van der Waals surface area contributed by atoms with Crippen LogP contribution in [0.2, 0.25) is 0 Å². The van der Waals surface area contributed by atoms with E-state index in [1.807, 2.05) is 13.8 Å². The number of carbonyl (C=O) groups is 3. The smallest absolute Gasteiger partial charge is 0.250 e. The van der Waals surface area contributed by atoms with E-state index >= 15 is 0 Å². The van der Waals surface area contributed by atoms with E-state index in [-0.39, 0.29) is 17.7 Å². The number of likely N-dealkylation sites (tertiary alicyclic amines) is 1. The first-order chi connectivity index (χ1) is 15.3. The average Bonchev–Trinajstić information content (AvgIpc) is 3.34. The highest BCUT2D eigenvalue weighted by Gasteiger charge is 2.70. The maximum atomic E-state index is 14.2. The van der Waals surface area contributed by atoms with E-state index in [1.54, 1.807) is 24.3 Å². The van der Waals surface area contributed by atoms with Gasteiger partial charge in [-0.05, 0) is 55.7 Å². The normalized spacial score (nSPS) is 29.4. The molecule has 0 aromatic heterocycles. The van der Waals surface area contributed by atoms with Crippen molar-refractivity contribution in [2.24, 2.45) is 11.8 Å². The minimum absolute atomic E-state index is 0.122. The zero-order valence-corrected chi connectivity index (χ0v) is 17.8. The van der Waals surface area contributed by atoms with Gasteiger partial charge in [-0.15, -0.1) is 0 Å². The highest BCUT2D eigenvalue weighted by molar-refractivity contribution is 6.15. The van der Waals surface area contributed by atoms with Gasteiger partial charge in [-0.1, -0.05) is 19.1 Å². The van der Waals surface area contributed by atoms with Gasteiger partial charge in [0.1, 0.15) is 17.1 Å². The second kappa shape index (κ2) is 7.13. The third-order valence-corrected chi connectivity index (χ3v) is 7.13. The van der Waals surface area contributed by atoms with E-state index in [0.717, 1.165) is 5.56 Å². The van der Waals surface area contributed by atoms with Crippen LogP contribution in [-0.2, 0) is 26.3 Å². The molecule has 2 aromatic carbocycles. The second-order valence-corrected chi connectivity index (χ2v) is 8.88. The molecule has 0 bridgehead atoms. The number of aromatic hydroxyl groups is 1. The van der Waals surface area contributed by atoms with Crippen molar-refractivity contribution in [2.75, 3.05) is 5.32 Å². The molecule has 2 saturated heterocycles. The van der Waals surface area contributed by atoms with Crippen molar-refractivity contribution in [3.8, 4) is 5.75 Å². The number of amides is 3. The number of carbonyl (C=O) groups excluding carboxylic acids is 3. The number of nitrogens with one attached hydrogen (secondary N) is 2. The van der Waals surface area contributed by atoms with Gasteiger partial charge >= 0.3 is 0 Å². The molecule has 0 radical (unpaired) electrons. The number of hydrogen-bond acceptors (Lipinski definition) is 5. The SMILES string of the molecule is CC[C@H](C)N1C(=O)[C@H]2[C@@H](C1=O)[C@@]1(N[C@@H]2Cc2ccc(O)cc2)C(=O)Nc2ccc(F)cc21. The van der Waals surface area contributed by atoms with Crippen LogP contribution >= 0.6 is 0 Å². The van der Waals surface area contributed by atoms with Gasteiger partial charge < -0.3 is 10.4 Å². The summed E-state index contributed by atoms with van der Waals surface area (Å²) in [5.74, 6) is -3.28. The predicted octanol–water partition coefficient (Wildman–Crippen LogP) is 2.29. The molecule has 3 N–H and O–H groups in total. The molecule has 0 aliphatic carbocycles. The Morgan fingerprint density at radius 1 is 1.12 bits per heavy atom. The lowest BCUT2D eigenvalue weighted by Crippen LogP contribution is -2.54. The van der Waals surface area contributed by atoms with Crippen LogP contribution in [0.3, 0.4) is 0 Å². The first kappa shape index (κ1) is 20.6. The van der Waals surface area contributed by atoms with E-state index in [4.69, 9.17) is 0 Å². The standard InChI is InChI=1S/C24H24FN3O4/c1-3-12(2)28-21(30)19-18(10-13-4-7-15(29)8-5-13)27-24(20(19)22(28)31)16-11-14(25)6-9-17(16)26-23(24)32/h4-9,11-12,18-20,27,29H,3,10H2,1-2H3,(H,26,32)/t12-,18+,19+,20-,24+/m0/s1. The van der Waals surface area contributed by atoms with Crippen LogP contribution in [0, 0.1) is 17.7 Å². The molecular weight excluding hydrogens is 413 g/mol. The van der Waals surface area contributed by atoms with Crippen molar-refractivity contribution in [1.82, 2.24) is 10.2 Å². The Kier molecular flexibility index (Phi) is 4.60. The average molecular weight is 437 g/mol. The summed E-state index contributed by atoms with van der Waals surface area (Å²) in [6.07, 6.45) is 0.964. The zero-order chi connectivity index (χ0) is 22.8. The minimum Gasteiger partial charge on any atom is -0.508 e. The lowest BCUT2D eigenvalue weighted by Gasteiger charge is -2.31. The molecule has 7 nitrogen and oxygen atoms in total. The fraction of sp³-hybridized carbons (Fsp3) is 0.375. The predicted molar refractivity (Wildman–Crippen MR) is 114 cm³/mol. The summed E-state index contributed by atoms with van der Waals surface area (Å²) in [5, 5.41) is 15.7. The van der Waals surface area contributed by atoms with E-state index in [1.165, 1.54) is 23.1 Å². The Morgan fingerprint density at radius 2 is 1.84 bits per heavy atom. The highest BCUT2D eigenvalue weighted by Crippen LogP contribution is 2.53. The van der Waals surface area contributed by atoms with Crippen molar-refractivity contribution in [3.05, 3.63) is 59.4 Å². The fourth-order valence-corrected chi connectivity index (χ4v) is 5.47. The summed E-state index contributed by atoms with van der Waals surface area (Å²) in [6.45, 7) is 3.71. The third-order valence-electron chi connectivity index (χ3n) is 7.13. The summed E-state index contributed by atoms with van der Waals surface area (Å²) >= 11 is 0. The molecule has 166 valence electrons. The molecule has 3 amide bonds. The Bertz CT molecular complexity index is 1130. The van der Waals surface area contributed by atoms with Gasteiger partial charge in [0.25, 0.3) is 0 Å². The number of anilines is 1. The van der Waals surface area contributed by atoms with Crippen LogP contribution in [0.15, 0.2) is 42.5 Å². The Labute approximate surface area is 184 Å². The molecule has 3 aliphatic rings. The van der Waals surface area contributed by atoms with Crippen LogP contribution in [0.5, 0.6) is 5.75 Å². The lowest BCUT2D eigenvalue weighted by atomic mass is 9.76. The highest BCUT2D eigenvalue weighted by atomic mass is 19.1. The topological polar surface area (TPSA) is 98.7 Å². The van der Waals surface area contributed by atoms with Gasteiger partial charge in [0, 0.05) is 23.3 Å². The van der Waals surface area contributed by atoms with Crippen LogP contribution < -0.4 is 10.6 Å². The zero-order valence-electron chi connectivity index (χ0n) is 17.8. The van der Waals surface area contributed by atoms with Crippen LogP contribution in [0.4, 0.5) is 10.1 Å².